The lowest BCUT2D eigenvalue weighted by atomic mass is 10.2. The van der Waals surface area contributed by atoms with Gasteiger partial charge in [-0.1, -0.05) is 23.7 Å². The average Bonchev–Trinajstić information content (AvgIpc) is 2.78. The standard InChI is InChI=1S/C14H11ClN2O/c1-8-5-12(17-7-11(8)16)13-6-9-3-2-4-10(15)14(9)18-13/h2-7H,16H2,1H3. The minimum atomic E-state index is 0.603. The molecule has 2 aromatic heterocycles. The van der Waals surface area contributed by atoms with Gasteiger partial charge in [-0.3, -0.25) is 4.98 Å². The Morgan fingerprint density at radius 1 is 1.28 bits per heavy atom. The third-order valence-corrected chi connectivity index (χ3v) is 3.20. The zero-order chi connectivity index (χ0) is 12.7. The number of aromatic nitrogens is 1. The van der Waals surface area contributed by atoms with Crippen LogP contribution in [-0.2, 0) is 0 Å². The van der Waals surface area contributed by atoms with Crippen molar-refractivity contribution in [1.29, 1.82) is 0 Å². The molecular formula is C14H11ClN2O. The molecule has 0 atom stereocenters. The number of nitrogens with two attached hydrogens (primary N) is 1. The number of hydrogen-bond donors (Lipinski definition) is 1. The lowest BCUT2D eigenvalue weighted by molar-refractivity contribution is 0.629. The summed E-state index contributed by atoms with van der Waals surface area (Å²) in [5.41, 5.74) is 8.85. The Bertz CT molecular complexity index is 734. The summed E-state index contributed by atoms with van der Waals surface area (Å²) in [6.45, 7) is 1.94. The quantitative estimate of drug-likeness (QED) is 0.717. The number of benzene rings is 1. The molecule has 90 valence electrons. The van der Waals surface area contributed by atoms with Crippen molar-refractivity contribution in [1.82, 2.24) is 4.98 Å². The number of nitrogens with zero attached hydrogens (tertiary/aromatic N) is 1. The van der Waals surface area contributed by atoms with Crippen LogP contribution in [0.1, 0.15) is 5.56 Å². The molecule has 0 aliphatic carbocycles. The number of hydrogen-bond acceptors (Lipinski definition) is 3. The van der Waals surface area contributed by atoms with E-state index in [1.54, 1.807) is 12.3 Å². The van der Waals surface area contributed by atoms with E-state index in [1.165, 1.54) is 0 Å². The highest BCUT2D eigenvalue weighted by Crippen LogP contribution is 2.31. The first kappa shape index (κ1) is 11.1. The summed E-state index contributed by atoms with van der Waals surface area (Å²) in [7, 11) is 0. The van der Waals surface area contributed by atoms with Crippen LogP contribution in [0.3, 0.4) is 0 Å². The summed E-state index contributed by atoms with van der Waals surface area (Å²) in [5, 5.41) is 1.57. The van der Waals surface area contributed by atoms with Crippen LogP contribution in [0, 0.1) is 6.92 Å². The van der Waals surface area contributed by atoms with E-state index in [0.29, 0.717) is 22.1 Å². The molecule has 0 saturated carbocycles. The van der Waals surface area contributed by atoms with Crippen LogP contribution in [0.15, 0.2) is 40.9 Å². The van der Waals surface area contributed by atoms with Crippen molar-refractivity contribution in [2.75, 3.05) is 5.73 Å². The Morgan fingerprint density at radius 3 is 2.83 bits per heavy atom. The average molecular weight is 259 g/mol. The zero-order valence-electron chi connectivity index (χ0n) is 9.77. The number of pyridine rings is 1. The molecule has 18 heavy (non-hydrogen) atoms. The topological polar surface area (TPSA) is 52.0 Å². The molecule has 1 aromatic carbocycles. The molecule has 0 aliphatic rings. The third-order valence-electron chi connectivity index (χ3n) is 2.90. The van der Waals surface area contributed by atoms with E-state index in [0.717, 1.165) is 16.6 Å². The van der Waals surface area contributed by atoms with Gasteiger partial charge in [0.15, 0.2) is 11.3 Å². The van der Waals surface area contributed by atoms with Gasteiger partial charge in [0.05, 0.1) is 16.9 Å². The minimum Gasteiger partial charge on any atom is -0.453 e. The van der Waals surface area contributed by atoms with Gasteiger partial charge in [0, 0.05) is 5.39 Å². The second-order valence-corrected chi connectivity index (χ2v) is 4.60. The van der Waals surface area contributed by atoms with Gasteiger partial charge < -0.3 is 10.2 Å². The van der Waals surface area contributed by atoms with Crippen molar-refractivity contribution >= 4 is 28.3 Å². The van der Waals surface area contributed by atoms with Gasteiger partial charge in [-0.15, -0.1) is 0 Å². The highest BCUT2D eigenvalue weighted by Gasteiger charge is 2.10. The van der Waals surface area contributed by atoms with Crippen LogP contribution in [0.2, 0.25) is 5.02 Å². The van der Waals surface area contributed by atoms with E-state index in [2.05, 4.69) is 4.98 Å². The van der Waals surface area contributed by atoms with Crippen LogP contribution in [0.4, 0.5) is 5.69 Å². The Morgan fingerprint density at radius 2 is 2.11 bits per heavy atom. The first-order chi connectivity index (χ1) is 8.65. The number of aryl methyl sites for hydroxylation is 1. The summed E-state index contributed by atoms with van der Waals surface area (Å²) < 4.78 is 5.74. The number of rotatable bonds is 1. The highest BCUT2D eigenvalue weighted by atomic mass is 35.5. The van der Waals surface area contributed by atoms with Crippen LogP contribution in [0.25, 0.3) is 22.4 Å². The first-order valence-electron chi connectivity index (χ1n) is 5.56. The van der Waals surface area contributed by atoms with E-state index < -0.39 is 0 Å². The molecule has 2 heterocycles. The van der Waals surface area contributed by atoms with Crippen molar-refractivity contribution in [3.63, 3.8) is 0 Å². The number of para-hydroxylation sites is 1. The predicted octanol–water partition coefficient (Wildman–Crippen LogP) is 4.04. The Balaban J connectivity index is 2.19. The van der Waals surface area contributed by atoms with Crippen molar-refractivity contribution in [3.05, 3.63) is 47.1 Å². The lowest BCUT2D eigenvalue weighted by Gasteiger charge is -2.00. The molecule has 0 bridgehead atoms. The maximum Gasteiger partial charge on any atom is 0.153 e. The molecule has 3 rings (SSSR count). The molecule has 0 aliphatic heterocycles. The molecule has 0 saturated heterocycles. The highest BCUT2D eigenvalue weighted by molar-refractivity contribution is 6.34. The molecule has 3 aromatic rings. The number of halogens is 1. The van der Waals surface area contributed by atoms with Gasteiger partial charge >= 0.3 is 0 Å². The second kappa shape index (κ2) is 4.03. The van der Waals surface area contributed by atoms with Gasteiger partial charge in [0.2, 0.25) is 0 Å². The number of anilines is 1. The van der Waals surface area contributed by atoms with Crippen LogP contribution in [0.5, 0.6) is 0 Å². The molecule has 0 spiro atoms. The van der Waals surface area contributed by atoms with Crippen molar-refractivity contribution in [3.8, 4) is 11.5 Å². The molecule has 0 unspecified atom stereocenters. The predicted molar refractivity (Wildman–Crippen MR) is 73.6 cm³/mol. The minimum absolute atomic E-state index is 0.603. The molecule has 3 nitrogen and oxygen atoms in total. The summed E-state index contributed by atoms with van der Waals surface area (Å²) >= 11 is 6.08. The van der Waals surface area contributed by atoms with E-state index in [-0.39, 0.29) is 0 Å². The molecule has 0 radical (unpaired) electrons. The molecule has 2 N–H and O–H groups in total. The van der Waals surface area contributed by atoms with Crippen LogP contribution >= 0.6 is 11.6 Å². The number of nitrogen functional groups attached to an aromatic ring is 1. The van der Waals surface area contributed by atoms with Gasteiger partial charge in [0.25, 0.3) is 0 Å². The van der Waals surface area contributed by atoms with Crippen molar-refractivity contribution < 1.29 is 4.42 Å². The zero-order valence-corrected chi connectivity index (χ0v) is 10.5. The molecule has 0 fully saturated rings. The van der Waals surface area contributed by atoms with Gasteiger partial charge in [-0.25, -0.2) is 0 Å². The van der Waals surface area contributed by atoms with Gasteiger partial charge in [-0.2, -0.15) is 0 Å². The van der Waals surface area contributed by atoms with Crippen molar-refractivity contribution in [2.24, 2.45) is 0 Å². The van der Waals surface area contributed by atoms with Crippen molar-refractivity contribution in [2.45, 2.75) is 6.92 Å². The second-order valence-electron chi connectivity index (χ2n) is 4.19. The number of fused-ring (bicyclic) bond motifs is 1. The van der Waals surface area contributed by atoms with Gasteiger partial charge in [0.1, 0.15) is 5.69 Å². The molecule has 4 heteroatoms. The lowest BCUT2D eigenvalue weighted by Crippen LogP contribution is -1.92. The summed E-state index contributed by atoms with van der Waals surface area (Å²) in [5.74, 6) is 0.696. The van der Waals surface area contributed by atoms with Crippen LogP contribution in [-0.4, -0.2) is 4.98 Å². The van der Waals surface area contributed by atoms with E-state index in [9.17, 15) is 0 Å². The summed E-state index contributed by atoms with van der Waals surface area (Å²) in [6.07, 6.45) is 1.64. The van der Waals surface area contributed by atoms with E-state index >= 15 is 0 Å². The SMILES string of the molecule is Cc1cc(-c2cc3cccc(Cl)c3o2)ncc1N. The first-order valence-corrected chi connectivity index (χ1v) is 5.93. The van der Waals surface area contributed by atoms with Gasteiger partial charge in [-0.05, 0) is 30.7 Å². The number of furan rings is 1. The Kier molecular flexibility index (Phi) is 2.49. The molecule has 0 amide bonds. The van der Waals surface area contributed by atoms with E-state index in [1.807, 2.05) is 31.2 Å². The fourth-order valence-corrected chi connectivity index (χ4v) is 2.08. The smallest absolute Gasteiger partial charge is 0.153 e. The Labute approximate surface area is 109 Å². The van der Waals surface area contributed by atoms with E-state index in [4.69, 9.17) is 21.8 Å². The normalized spacial score (nSPS) is 11.0. The maximum absolute atomic E-state index is 6.08. The van der Waals surface area contributed by atoms with Crippen LogP contribution < -0.4 is 5.73 Å². The maximum atomic E-state index is 6.08. The largest absolute Gasteiger partial charge is 0.453 e. The Hall–Kier alpha value is -2.00. The summed E-state index contributed by atoms with van der Waals surface area (Å²) in [6, 6.07) is 9.49. The third kappa shape index (κ3) is 1.73. The fourth-order valence-electron chi connectivity index (χ4n) is 1.86. The monoisotopic (exact) mass is 258 g/mol. The molecular weight excluding hydrogens is 248 g/mol. The fraction of sp³-hybridized carbons (Fsp3) is 0.0714. The summed E-state index contributed by atoms with van der Waals surface area (Å²) in [4.78, 5) is 4.27.